The van der Waals surface area contributed by atoms with Gasteiger partial charge in [-0.3, -0.25) is 9.59 Å². The number of phenols is 1. The molecule has 1 saturated carbocycles. The molecule has 1 aliphatic carbocycles. The predicted molar refractivity (Wildman–Crippen MR) is 95.0 cm³/mol. The second-order valence-corrected chi connectivity index (χ2v) is 8.31. The number of rotatable bonds is 5. The van der Waals surface area contributed by atoms with Crippen LogP contribution in [0.2, 0.25) is 0 Å². The zero-order valence-electron chi connectivity index (χ0n) is 15.0. The third kappa shape index (κ3) is 4.28. The molecule has 0 aromatic heterocycles. The number of phenolic OH excluding ortho intramolecular Hbond substituents is 1. The smallest absolute Gasteiger partial charge is 0.255 e. The highest BCUT2D eigenvalue weighted by Gasteiger charge is 2.39. The molecule has 0 spiro atoms. The van der Waals surface area contributed by atoms with E-state index >= 15 is 0 Å². The van der Waals surface area contributed by atoms with E-state index in [2.05, 4.69) is 38.3 Å². The summed E-state index contributed by atoms with van der Waals surface area (Å²) < 4.78 is 0. The van der Waals surface area contributed by atoms with Gasteiger partial charge in [-0.15, -0.1) is 0 Å². The molecule has 0 radical (unpaired) electrons. The molecule has 0 aliphatic heterocycles. The molecule has 5 heteroatoms. The van der Waals surface area contributed by atoms with Gasteiger partial charge >= 0.3 is 0 Å². The summed E-state index contributed by atoms with van der Waals surface area (Å²) in [6.45, 7) is 9.62. The van der Waals surface area contributed by atoms with Gasteiger partial charge in [0.15, 0.2) is 5.75 Å². The van der Waals surface area contributed by atoms with E-state index in [1.807, 2.05) is 0 Å². The van der Waals surface area contributed by atoms with Crippen LogP contribution in [0.1, 0.15) is 57.3 Å². The number of nitrogens with one attached hydrogen (secondary N) is 2. The molecule has 2 atom stereocenters. The fourth-order valence-electron chi connectivity index (χ4n) is 4.59. The molecular formula is C19H28N2O3. The second kappa shape index (κ2) is 6.83. The summed E-state index contributed by atoms with van der Waals surface area (Å²) >= 11 is 0. The van der Waals surface area contributed by atoms with Gasteiger partial charge in [-0.25, -0.2) is 0 Å². The van der Waals surface area contributed by atoms with Gasteiger partial charge in [-0.2, -0.15) is 0 Å². The number of benzene rings is 1. The van der Waals surface area contributed by atoms with E-state index in [1.54, 1.807) is 18.2 Å². The van der Waals surface area contributed by atoms with Crippen molar-refractivity contribution >= 4 is 18.0 Å². The Labute approximate surface area is 143 Å². The van der Waals surface area contributed by atoms with Crippen LogP contribution >= 0.6 is 0 Å². The molecule has 5 nitrogen and oxygen atoms in total. The molecule has 24 heavy (non-hydrogen) atoms. The lowest BCUT2D eigenvalue weighted by molar-refractivity contribution is -0.105. The molecule has 0 heterocycles. The Morgan fingerprint density at radius 2 is 2.04 bits per heavy atom. The Balaban J connectivity index is 2.08. The average Bonchev–Trinajstić information content (AvgIpc) is 2.45. The number of hydrogen-bond donors (Lipinski definition) is 3. The standard InChI is InChI=1S/C19H28N2O3/c1-13-8-18(2,3)10-19(4,9-13)11-20-17(24)14-6-5-7-15(16(14)23)21-12-22/h5-7,12-13,23H,8-11H2,1-4H3,(H,20,24)(H,21,22). The van der Waals surface area contributed by atoms with E-state index in [1.165, 1.54) is 6.42 Å². The van der Waals surface area contributed by atoms with Crippen molar-refractivity contribution in [1.82, 2.24) is 5.32 Å². The van der Waals surface area contributed by atoms with Crippen molar-refractivity contribution < 1.29 is 14.7 Å². The quantitative estimate of drug-likeness (QED) is 0.570. The number of hydrogen-bond acceptors (Lipinski definition) is 3. The summed E-state index contributed by atoms with van der Waals surface area (Å²) in [6, 6.07) is 4.73. The Hall–Kier alpha value is -2.04. The Morgan fingerprint density at radius 1 is 1.33 bits per heavy atom. The maximum absolute atomic E-state index is 12.5. The summed E-state index contributed by atoms with van der Waals surface area (Å²) in [7, 11) is 0. The molecule has 2 amide bonds. The lowest BCUT2D eigenvalue weighted by Crippen LogP contribution is -2.43. The monoisotopic (exact) mass is 332 g/mol. The molecule has 1 aromatic rings. The lowest BCUT2D eigenvalue weighted by Gasteiger charge is -2.46. The summed E-state index contributed by atoms with van der Waals surface area (Å²) in [5, 5.41) is 15.5. The van der Waals surface area contributed by atoms with Crippen LogP contribution in [-0.4, -0.2) is 24.0 Å². The molecule has 1 fully saturated rings. The largest absolute Gasteiger partial charge is 0.505 e. The first kappa shape index (κ1) is 18.3. The molecule has 0 saturated heterocycles. The van der Waals surface area contributed by atoms with Crippen LogP contribution in [0.25, 0.3) is 0 Å². The minimum Gasteiger partial charge on any atom is -0.505 e. The topological polar surface area (TPSA) is 78.4 Å². The van der Waals surface area contributed by atoms with E-state index < -0.39 is 0 Å². The van der Waals surface area contributed by atoms with Crippen molar-refractivity contribution in [2.45, 2.75) is 47.0 Å². The molecule has 1 aliphatic rings. The van der Waals surface area contributed by atoms with Crippen LogP contribution in [0, 0.1) is 16.7 Å². The van der Waals surface area contributed by atoms with Crippen molar-refractivity contribution in [1.29, 1.82) is 0 Å². The average molecular weight is 332 g/mol. The highest BCUT2D eigenvalue weighted by atomic mass is 16.3. The van der Waals surface area contributed by atoms with E-state index in [-0.39, 0.29) is 33.7 Å². The van der Waals surface area contributed by atoms with E-state index in [9.17, 15) is 14.7 Å². The van der Waals surface area contributed by atoms with Gasteiger partial charge in [0.25, 0.3) is 5.91 Å². The number of carbonyl (C=O) groups excluding carboxylic acids is 2. The molecule has 1 aromatic carbocycles. The number of para-hydroxylation sites is 1. The SMILES string of the molecule is CC1CC(C)(C)CC(C)(CNC(=O)c2cccc(NC=O)c2O)C1. The maximum atomic E-state index is 12.5. The highest BCUT2D eigenvalue weighted by Crippen LogP contribution is 2.48. The summed E-state index contributed by atoms with van der Waals surface area (Å²) in [5.74, 6) is 0.105. The first-order valence-corrected chi connectivity index (χ1v) is 8.46. The van der Waals surface area contributed by atoms with Gasteiger partial charge in [0.2, 0.25) is 6.41 Å². The van der Waals surface area contributed by atoms with Crippen LogP contribution in [0.5, 0.6) is 5.75 Å². The van der Waals surface area contributed by atoms with Gasteiger partial charge in [0, 0.05) is 6.54 Å². The van der Waals surface area contributed by atoms with Crippen molar-refractivity contribution in [3.63, 3.8) is 0 Å². The number of aromatic hydroxyl groups is 1. The first-order chi connectivity index (χ1) is 11.2. The van der Waals surface area contributed by atoms with Crippen LogP contribution in [0.4, 0.5) is 5.69 Å². The minimum absolute atomic E-state index is 0.0467. The zero-order chi connectivity index (χ0) is 18.0. The molecule has 132 valence electrons. The number of amides is 2. The fraction of sp³-hybridized carbons (Fsp3) is 0.579. The van der Waals surface area contributed by atoms with E-state index in [4.69, 9.17) is 0 Å². The minimum atomic E-state index is -0.320. The van der Waals surface area contributed by atoms with Gasteiger partial charge in [-0.05, 0) is 48.1 Å². The lowest BCUT2D eigenvalue weighted by atomic mass is 9.61. The predicted octanol–water partition coefficient (Wildman–Crippen LogP) is 3.54. The van der Waals surface area contributed by atoms with Crippen LogP contribution in [-0.2, 0) is 4.79 Å². The fourth-order valence-corrected chi connectivity index (χ4v) is 4.59. The Bertz CT molecular complexity index is 627. The molecule has 0 bridgehead atoms. The molecular weight excluding hydrogens is 304 g/mol. The Kier molecular flexibility index (Phi) is 5.21. The molecule has 2 unspecified atom stereocenters. The molecule has 2 rings (SSSR count). The first-order valence-electron chi connectivity index (χ1n) is 8.46. The van der Waals surface area contributed by atoms with Crippen molar-refractivity contribution in [2.75, 3.05) is 11.9 Å². The van der Waals surface area contributed by atoms with E-state index in [0.717, 1.165) is 12.8 Å². The zero-order valence-corrected chi connectivity index (χ0v) is 15.0. The van der Waals surface area contributed by atoms with Crippen LogP contribution in [0.3, 0.4) is 0 Å². The number of anilines is 1. The highest BCUT2D eigenvalue weighted by molar-refractivity contribution is 5.99. The van der Waals surface area contributed by atoms with Crippen LogP contribution in [0.15, 0.2) is 18.2 Å². The molecule has 3 N–H and O–H groups in total. The summed E-state index contributed by atoms with van der Waals surface area (Å²) in [4.78, 5) is 23.0. The van der Waals surface area contributed by atoms with Gasteiger partial charge in [0.05, 0.1) is 11.3 Å². The van der Waals surface area contributed by atoms with Crippen molar-refractivity contribution in [3.05, 3.63) is 23.8 Å². The maximum Gasteiger partial charge on any atom is 0.255 e. The van der Waals surface area contributed by atoms with Crippen LogP contribution < -0.4 is 10.6 Å². The third-order valence-electron chi connectivity index (χ3n) is 4.82. The second-order valence-electron chi connectivity index (χ2n) is 8.31. The third-order valence-corrected chi connectivity index (χ3v) is 4.82. The summed E-state index contributed by atoms with van der Waals surface area (Å²) in [6.07, 6.45) is 3.82. The van der Waals surface area contributed by atoms with Gasteiger partial charge < -0.3 is 15.7 Å². The normalized spacial score (nSPS) is 25.8. The van der Waals surface area contributed by atoms with Crippen molar-refractivity contribution in [2.24, 2.45) is 16.7 Å². The number of carbonyl (C=O) groups is 2. The van der Waals surface area contributed by atoms with Gasteiger partial charge in [0.1, 0.15) is 0 Å². The van der Waals surface area contributed by atoms with Crippen molar-refractivity contribution in [3.8, 4) is 5.75 Å². The van der Waals surface area contributed by atoms with E-state index in [0.29, 0.717) is 18.9 Å². The Morgan fingerprint density at radius 3 is 2.67 bits per heavy atom. The van der Waals surface area contributed by atoms with Gasteiger partial charge in [-0.1, -0.05) is 33.8 Å². The summed E-state index contributed by atoms with van der Waals surface area (Å²) in [5.41, 5.74) is 0.725.